The zero-order valence-corrected chi connectivity index (χ0v) is 12.3. The minimum Gasteiger partial charge on any atom is -0.336 e. The summed E-state index contributed by atoms with van der Waals surface area (Å²) in [5.41, 5.74) is 7.10. The predicted molar refractivity (Wildman–Crippen MR) is 80.1 cm³/mol. The van der Waals surface area contributed by atoms with Crippen LogP contribution in [0.4, 0.5) is 5.69 Å². The molecular formula is C15H23N3O2. The lowest BCUT2D eigenvalue weighted by molar-refractivity contribution is -0.131. The number of nitrogens with one attached hydrogen (secondary N) is 1. The summed E-state index contributed by atoms with van der Waals surface area (Å²) in [6.07, 6.45) is 0.313. The van der Waals surface area contributed by atoms with Gasteiger partial charge in [-0.25, -0.2) is 0 Å². The molecule has 0 aliphatic heterocycles. The molecule has 2 amide bonds. The van der Waals surface area contributed by atoms with Gasteiger partial charge in [0, 0.05) is 38.2 Å². The molecule has 1 aromatic carbocycles. The summed E-state index contributed by atoms with van der Waals surface area (Å²) in [4.78, 5) is 24.7. The van der Waals surface area contributed by atoms with Gasteiger partial charge in [-0.15, -0.1) is 0 Å². The molecule has 0 saturated heterocycles. The minimum atomic E-state index is -0.0900. The average Bonchev–Trinajstić information content (AvgIpc) is 2.37. The summed E-state index contributed by atoms with van der Waals surface area (Å²) in [6.45, 7) is 6.46. The minimum absolute atomic E-state index is 0.0559. The molecule has 0 bridgehead atoms. The molecule has 0 saturated carbocycles. The lowest BCUT2D eigenvalue weighted by Gasteiger charge is -2.25. The maximum Gasteiger partial charge on any atom is 0.225 e. The van der Waals surface area contributed by atoms with E-state index in [2.05, 4.69) is 5.32 Å². The van der Waals surface area contributed by atoms with Gasteiger partial charge in [-0.3, -0.25) is 9.59 Å². The van der Waals surface area contributed by atoms with Gasteiger partial charge in [0.05, 0.1) is 0 Å². The molecule has 110 valence electrons. The predicted octanol–water partition coefficient (Wildman–Crippen LogP) is 1.73. The summed E-state index contributed by atoms with van der Waals surface area (Å²) in [5.74, 6) is -0.0341. The van der Waals surface area contributed by atoms with Crippen molar-refractivity contribution in [2.45, 2.75) is 39.8 Å². The molecule has 0 spiro atoms. The molecule has 5 heteroatoms. The topological polar surface area (TPSA) is 75.4 Å². The highest BCUT2D eigenvalue weighted by atomic mass is 16.2. The Labute approximate surface area is 120 Å². The van der Waals surface area contributed by atoms with Crippen LogP contribution < -0.4 is 11.1 Å². The standard InChI is InChI=1S/C15H23N3O2/c1-11(2)18(12(3)19)10-13-4-6-14(7-5-13)17-15(20)8-9-16/h4-7,11H,8-10,16H2,1-3H3,(H,17,20). The Kier molecular flexibility index (Phi) is 6.18. The van der Waals surface area contributed by atoms with Gasteiger partial charge < -0.3 is 16.0 Å². The van der Waals surface area contributed by atoms with E-state index in [1.54, 1.807) is 11.8 Å². The number of nitrogens with zero attached hydrogens (tertiary/aromatic N) is 1. The number of carbonyl (C=O) groups excluding carboxylic acids is 2. The van der Waals surface area contributed by atoms with Gasteiger partial charge >= 0.3 is 0 Å². The maximum absolute atomic E-state index is 11.5. The van der Waals surface area contributed by atoms with Crippen LogP contribution >= 0.6 is 0 Å². The lowest BCUT2D eigenvalue weighted by atomic mass is 10.1. The Morgan fingerprint density at radius 1 is 1.25 bits per heavy atom. The second kappa shape index (κ2) is 7.65. The van der Waals surface area contributed by atoms with E-state index in [0.29, 0.717) is 19.5 Å². The molecule has 0 atom stereocenters. The van der Waals surface area contributed by atoms with Gasteiger partial charge in [0.15, 0.2) is 0 Å². The number of amides is 2. The summed E-state index contributed by atoms with van der Waals surface area (Å²) in [5, 5.41) is 2.77. The van der Waals surface area contributed by atoms with Crippen LogP contribution in [0.2, 0.25) is 0 Å². The fourth-order valence-electron chi connectivity index (χ4n) is 1.90. The number of rotatable bonds is 6. The molecule has 5 nitrogen and oxygen atoms in total. The van der Waals surface area contributed by atoms with E-state index >= 15 is 0 Å². The van der Waals surface area contributed by atoms with Gasteiger partial charge in [0.2, 0.25) is 11.8 Å². The van der Waals surface area contributed by atoms with Crippen molar-refractivity contribution < 1.29 is 9.59 Å². The summed E-state index contributed by atoms with van der Waals surface area (Å²) in [7, 11) is 0. The number of nitrogens with two attached hydrogens (primary N) is 1. The van der Waals surface area contributed by atoms with E-state index < -0.39 is 0 Å². The third-order valence-corrected chi connectivity index (χ3v) is 2.99. The van der Waals surface area contributed by atoms with Crippen LogP contribution in [0.15, 0.2) is 24.3 Å². The molecule has 3 N–H and O–H groups in total. The van der Waals surface area contributed by atoms with Gasteiger partial charge in [0.1, 0.15) is 0 Å². The Balaban J connectivity index is 2.66. The molecule has 0 unspecified atom stereocenters. The van der Waals surface area contributed by atoms with Crippen molar-refractivity contribution in [3.8, 4) is 0 Å². The Bertz CT molecular complexity index is 455. The van der Waals surface area contributed by atoms with Crippen molar-refractivity contribution in [3.63, 3.8) is 0 Å². The second-order valence-corrected chi connectivity index (χ2v) is 5.02. The molecule has 0 fully saturated rings. The fourth-order valence-corrected chi connectivity index (χ4v) is 1.90. The average molecular weight is 277 g/mol. The van der Waals surface area contributed by atoms with Gasteiger partial charge in [-0.1, -0.05) is 12.1 Å². The molecular weight excluding hydrogens is 254 g/mol. The van der Waals surface area contributed by atoms with Crippen molar-refractivity contribution in [2.24, 2.45) is 5.73 Å². The van der Waals surface area contributed by atoms with E-state index in [1.807, 2.05) is 38.1 Å². The summed E-state index contributed by atoms with van der Waals surface area (Å²) in [6, 6.07) is 7.66. The third-order valence-electron chi connectivity index (χ3n) is 2.99. The number of carbonyl (C=O) groups is 2. The SMILES string of the molecule is CC(=O)N(Cc1ccc(NC(=O)CCN)cc1)C(C)C. The van der Waals surface area contributed by atoms with E-state index in [9.17, 15) is 9.59 Å². The fraction of sp³-hybridized carbons (Fsp3) is 0.467. The molecule has 0 radical (unpaired) electrons. The summed E-state index contributed by atoms with van der Waals surface area (Å²) >= 11 is 0. The van der Waals surface area contributed by atoms with Crippen molar-refractivity contribution in [1.82, 2.24) is 4.90 Å². The molecule has 0 heterocycles. The first-order chi connectivity index (χ1) is 9.43. The van der Waals surface area contributed by atoms with E-state index in [1.165, 1.54) is 0 Å². The van der Waals surface area contributed by atoms with Crippen molar-refractivity contribution in [3.05, 3.63) is 29.8 Å². The van der Waals surface area contributed by atoms with E-state index in [4.69, 9.17) is 5.73 Å². The van der Waals surface area contributed by atoms with E-state index in [-0.39, 0.29) is 17.9 Å². The van der Waals surface area contributed by atoms with Crippen LogP contribution in [-0.2, 0) is 16.1 Å². The number of anilines is 1. The highest BCUT2D eigenvalue weighted by molar-refractivity contribution is 5.90. The largest absolute Gasteiger partial charge is 0.336 e. The molecule has 0 aliphatic carbocycles. The van der Waals surface area contributed by atoms with Gasteiger partial charge in [-0.2, -0.15) is 0 Å². The first-order valence-corrected chi connectivity index (χ1v) is 6.80. The Hall–Kier alpha value is -1.88. The van der Waals surface area contributed by atoms with Crippen molar-refractivity contribution in [2.75, 3.05) is 11.9 Å². The summed E-state index contributed by atoms with van der Waals surface area (Å²) < 4.78 is 0. The number of hydrogen-bond donors (Lipinski definition) is 2. The zero-order valence-electron chi connectivity index (χ0n) is 12.3. The smallest absolute Gasteiger partial charge is 0.225 e. The lowest BCUT2D eigenvalue weighted by Crippen LogP contribution is -2.34. The quantitative estimate of drug-likeness (QED) is 0.831. The van der Waals surface area contributed by atoms with Crippen LogP contribution in [0.5, 0.6) is 0 Å². The van der Waals surface area contributed by atoms with Crippen LogP contribution in [-0.4, -0.2) is 29.3 Å². The monoisotopic (exact) mass is 277 g/mol. The number of benzene rings is 1. The molecule has 1 rings (SSSR count). The molecule has 1 aromatic rings. The normalized spacial score (nSPS) is 10.4. The van der Waals surface area contributed by atoms with Crippen molar-refractivity contribution >= 4 is 17.5 Å². The second-order valence-electron chi connectivity index (χ2n) is 5.02. The van der Waals surface area contributed by atoms with Crippen LogP contribution in [0, 0.1) is 0 Å². The zero-order chi connectivity index (χ0) is 15.1. The van der Waals surface area contributed by atoms with Crippen molar-refractivity contribution in [1.29, 1.82) is 0 Å². The molecule has 0 aliphatic rings. The molecule has 20 heavy (non-hydrogen) atoms. The third kappa shape index (κ3) is 5.01. The Morgan fingerprint density at radius 2 is 1.85 bits per heavy atom. The maximum atomic E-state index is 11.5. The first kappa shape index (κ1) is 16.2. The van der Waals surface area contributed by atoms with Gasteiger partial charge in [0.25, 0.3) is 0 Å². The first-order valence-electron chi connectivity index (χ1n) is 6.80. The van der Waals surface area contributed by atoms with Crippen LogP contribution in [0.1, 0.15) is 32.8 Å². The van der Waals surface area contributed by atoms with Crippen LogP contribution in [0.25, 0.3) is 0 Å². The van der Waals surface area contributed by atoms with Crippen LogP contribution in [0.3, 0.4) is 0 Å². The molecule has 0 aromatic heterocycles. The Morgan fingerprint density at radius 3 is 2.30 bits per heavy atom. The highest BCUT2D eigenvalue weighted by Gasteiger charge is 2.12. The van der Waals surface area contributed by atoms with Gasteiger partial charge in [-0.05, 0) is 31.5 Å². The van der Waals surface area contributed by atoms with E-state index in [0.717, 1.165) is 11.3 Å². The highest BCUT2D eigenvalue weighted by Crippen LogP contribution is 2.13. The number of hydrogen-bond acceptors (Lipinski definition) is 3.